The Balaban J connectivity index is 0.00000574. The fourth-order valence-electron chi connectivity index (χ4n) is 10.3. The van der Waals surface area contributed by atoms with E-state index in [0.717, 1.165) is 67.2 Å². The average molecular weight is 1130 g/mol. The van der Waals surface area contributed by atoms with Crippen molar-refractivity contribution in [2.24, 2.45) is 0 Å². The van der Waals surface area contributed by atoms with Gasteiger partial charge in [0.15, 0.2) is 0 Å². The van der Waals surface area contributed by atoms with E-state index in [1.54, 1.807) is 0 Å². The van der Waals surface area contributed by atoms with Crippen molar-refractivity contribution >= 4 is 66.4 Å². The first-order valence-corrected chi connectivity index (χ1v) is 25.0. The zero-order valence-electron chi connectivity index (χ0n) is 42.9. The molecule has 1 aliphatic heterocycles. The number of hydrogen-bond acceptors (Lipinski definition) is 4. The summed E-state index contributed by atoms with van der Waals surface area (Å²) < 4.78 is 11.3. The average Bonchev–Trinajstić information content (AvgIpc) is 4.03. The van der Waals surface area contributed by atoms with Crippen LogP contribution in [0.15, 0.2) is 182 Å². The second-order valence-electron chi connectivity index (χ2n) is 22.3. The van der Waals surface area contributed by atoms with E-state index >= 15 is 0 Å². The van der Waals surface area contributed by atoms with Gasteiger partial charge in [-0.1, -0.05) is 147 Å². The molecular weight excluding hydrogens is 1070 g/mol. The largest absolute Gasteiger partial charge is 0.509 e. The molecule has 73 heavy (non-hydrogen) atoms. The van der Waals surface area contributed by atoms with E-state index in [0.29, 0.717) is 11.5 Å². The molecule has 7 heteroatoms. The summed E-state index contributed by atoms with van der Waals surface area (Å²) in [4.78, 5) is 9.49. The summed E-state index contributed by atoms with van der Waals surface area (Å²) >= 11 is 0. The van der Waals surface area contributed by atoms with Crippen molar-refractivity contribution in [2.75, 3.05) is 9.80 Å². The Morgan fingerprint density at radius 2 is 1.03 bits per heavy atom. The molecule has 0 unspecified atom stereocenters. The van der Waals surface area contributed by atoms with E-state index in [2.05, 4.69) is 258 Å². The van der Waals surface area contributed by atoms with E-state index in [1.165, 1.54) is 38.5 Å². The van der Waals surface area contributed by atoms with Gasteiger partial charge in [0.05, 0.1) is 11.0 Å². The molecule has 4 heterocycles. The van der Waals surface area contributed by atoms with Crippen molar-refractivity contribution in [3.63, 3.8) is 0 Å². The maximum atomic E-state index is 6.74. The molecule has 3 aromatic heterocycles. The first kappa shape index (κ1) is 47.9. The predicted molar refractivity (Wildman–Crippen MR) is 300 cm³/mol. The monoisotopic (exact) mass is 1130 g/mol. The summed E-state index contributed by atoms with van der Waals surface area (Å²) in [6.45, 7) is 22.6. The third kappa shape index (κ3) is 8.60. The number of ether oxygens (including phenoxy) is 1. The summed E-state index contributed by atoms with van der Waals surface area (Å²) in [5.41, 5.74) is 15.7. The minimum absolute atomic E-state index is 0. The maximum Gasteiger partial charge on any atom is 0.135 e. The number of anilines is 4. The molecule has 0 aliphatic carbocycles. The fourth-order valence-corrected chi connectivity index (χ4v) is 10.3. The van der Waals surface area contributed by atoms with Gasteiger partial charge in [-0.2, -0.15) is 12.1 Å². The Labute approximate surface area is 443 Å². The molecule has 0 atom stereocenters. The molecule has 1 aliphatic rings. The Kier molecular flexibility index (Phi) is 11.8. The van der Waals surface area contributed by atoms with E-state index in [-0.39, 0.29) is 37.3 Å². The van der Waals surface area contributed by atoms with Crippen LogP contribution < -0.4 is 14.5 Å². The van der Waals surface area contributed by atoms with E-state index in [1.807, 2.05) is 24.4 Å². The third-order valence-electron chi connectivity index (χ3n) is 14.3. The van der Waals surface area contributed by atoms with Gasteiger partial charge in [-0.25, -0.2) is 4.98 Å². The quantitative estimate of drug-likeness (QED) is 0.149. The Morgan fingerprint density at radius 1 is 0.438 bits per heavy atom. The smallest absolute Gasteiger partial charge is 0.135 e. The normalized spacial score (nSPS) is 13.1. The number of hydrogen-bond donors (Lipinski definition) is 0. The molecule has 12 rings (SSSR count). The molecule has 6 nitrogen and oxygen atoms in total. The molecule has 0 N–H and O–H groups in total. The summed E-state index contributed by atoms with van der Waals surface area (Å²) in [5.74, 6) is 2.02. The number of fused-ring (bicyclic) bond motifs is 7. The topological polar surface area (TPSA) is 38.5 Å². The SMILES string of the molecule is CC(C)(C)c1cc(N2[CH-]N(c3[c-]c(Oc4[c-]c5c(cc4)c4cc(-c6ccc(-n7c8ccccc8c8ccccc87)cc6)ccc4n5-c4cc(C(C)(C)C)ccn4)ccc3)c3ccccc32)cc(C(C)(C)C)c1.[Pt]. The Hall–Kier alpha value is -7.40. The standard InChI is InChI=1S/C66H58N5O.Pt/c1-64(2,3)45-33-34-67-63(39-45)71-59-32-27-44(43-25-28-48(29-26-43)70-57-21-12-10-19-53(57)54-20-11-13-22-58(54)70)35-56(59)55-31-30-52(41-62(55)71)72-51-18-16-17-49(40-51)68-42-69(61-24-15-14-23-60(61)68)50-37-46(65(4,5)6)36-47(38-50)66(7,8)9;/h10-39,42H,1-9H3;/q-3;. The van der Waals surface area contributed by atoms with Crippen LogP contribution in [0, 0.1) is 18.8 Å². The first-order valence-electron chi connectivity index (χ1n) is 25.0. The van der Waals surface area contributed by atoms with Crippen LogP contribution in [0.5, 0.6) is 11.5 Å². The van der Waals surface area contributed by atoms with Gasteiger partial charge in [0, 0.05) is 77.8 Å². The molecule has 0 saturated heterocycles. The second kappa shape index (κ2) is 18.0. The van der Waals surface area contributed by atoms with Crippen LogP contribution in [0.3, 0.4) is 0 Å². The maximum absolute atomic E-state index is 6.74. The van der Waals surface area contributed by atoms with Crippen molar-refractivity contribution in [2.45, 2.75) is 78.6 Å². The van der Waals surface area contributed by atoms with Gasteiger partial charge in [-0.15, -0.1) is 48.1 Å². The van der Waals surface area contributed by atoms with Gasteiger partial charge in [0.2, 0.25) is 0 Å². The summed E-state index contributed by atoms with van der Waals surface area (Å²) in [5, 5.41) is 4.69. The van der Waals surface area contributed by atoms with Crippen LogP contribution in [-0.4, -0.2) is 14.1 Å². The van der Waals surface area contributed by atoms with Crippen LogP contribution in [0.4, 0.5) is 22.7 Å². The van der Waals surface area contributed by atoms with Gasteiger partial charge >= 0.3 is 0 Å². The molecule has 0 bridgehead atoms. The molecule has 0 fully saturated rings. The number of benzene rings is 8. The summed E-state index contributed by atoms with van der Waals surface area (Å²) in [6, 6.07) is 70.5. The minimum Gasteiger partial charge on any atom is -0.509 e. The van der Waals surface area contributed by atoms with Crippen molar-refractivity contribution in [3.8, 4) is 34.1 Å². The molecule has 366 valence electrons. The van der Waals surface area contributed by atoms with Gasteiger partial charge in [-0.3, -0.25) is 0 Å². The second-order valence-corrected chi connectivity index (χ2v) is 22.3. The summed E-state index contributed by atoms with van der Waals surface area (Å²) in [7, 11) is 0. The van der Waals surface area contributed by atoms with Gasteiger partial charge in [0.25, 0.3) is 0 Å². The number of nitrogens with zero attached hydrogens (tertiary/aromatic N) is 5. The predicted octanol–water partition coefficient (Wildman–Crippen LogP) is 17.6. The number of para-hydroxylation sites is 4. The molecule has 11 aromatic rings. The van der Waals surface area contributed by atoms with E-state index in [9.17, 15) is 0 Å². The van der Waals surface area contributed by atoms with Crippen molar-refractivity contribution < 1.29 is 25.8 Å². The minimum atomic E-state index is -0.0655. The van der Waals surface area contributed by atoms with Crippen LogP contribution in [0.1, 0.15) is 79.0 Å². The van der Waals surface area contributed by atoms with Crippen molar-refractivity contribution in [3.05, 3.63) is 218 Å². The molecule has 0 radical (unpaired) electrons. The zero-order chi connectivity index (χ0) is 49.7. The van der Waals surface area contributed by atoms with E-state index in [4.69, 9.17) is 9.72 Å². The van der Waals surface area contributed by atoms with Gasteiger partial charge in [-0.05, 0) is 116 Å². The van der Waals surface area contributed by atoms with Crippen LogP contribution in [-0.2, 0) is 37.3 Å². The van der Waals surface area contributed by atoms with Crippen LogP contribution in [0.25, 0.3) is 66.2 Å². The molecule has 0 spiro atoms. The number of rotatable bonds is 7. The van der Waals surface area contributed by atoms with Crippen LogP contribution >= 0.6 is 0 Å². The molecule has 0 saturated carbocycles. The van der Waals surface area contributed by atoms with Crippen molar-refractivity contribution in [1.29, 1.82) is 0 Å². The molecule has 0 amide bonds. The molecular formula is C66H58N5OPt-3. The first-order chi connectivity index (χ1) is 34.6. The number of aromatic nitrogens is 3. The van der Waals surface area contributed by atoms with Gasteiger partial charge in [0.1, 0.15) is 5.82 Å². The van der Waals surface area contributed by atoms with Gasteiger partial charge < -0.3 is 23.7 Å². The zero-order valence-corrected chi connectivity index (χ0v) is 45.1. The Morgan fingerprint density at radius 3 is 1.68 bits per heavy atom. The fraction of sp³-hybridized carbons (Fsp3) is 0.182. The third-order valence-corrected chi connectivity index (χ3v) is 14.3. The van der Waals surface area contributed by atoms with Crippen molar-refractivity contribution in [1.82, 2.24) is 14.1 Å². The van der Waals surface area contributed by atoms with Crippen LogP contribution in [0.2, 0.25) is 0 Å². The summed E-state index contributed by atoms with van der Waals surface area (Å²) in [6.07, 6.45) is 1.92. The Bertz CT molecular complexity index is 3810. The number of pyridine rings is 1. The molecule has 8 aromatic carbocycles. The van der Waals surface area contributed by atoms with E-state index < -0.39 is 0 Å².